The predicted octanol–water partition coefficient (Wildman–Crippen LogP) is 4.04. The van der Waals surface area contributed by atoms with Gasteiger partial charge in [-0.15, -0.1) is 0 Å². The van der Waals surface area contributed by atoms with E-state index in [-0.39, 0.29) is 11.4 Å². The predicted molar refractivity (Wildman–Crippen MR) is 79.8 cm³/mol. The molecule has 4 fully saturated rings. The van der Waals surface area contributed by atoms with Crippen molar-refractivity contribution in [2.75, 3.05) is 0 Å². The van der Waals surface area contributed by atoms with E-state index in [0.29, 0.717) is 5.02 Å². The standard InChI is InChI=1S/C17H20ClNO/c18-15-3-1-14(2-4-15)16(20)19-17-8-11-5-12(9-17)7-13(6-11)10-17/h1-4,11-13H,5-10H2,(H,19,20). The molecule has 0 radical (unpaired) electrons. The zero-order valence-corrected chi connectivity index (χ0v) is 12.3. The minimum absolute atomic E-state index is 0.0728. The Labute approximate surface area is 124 Å². The lowest BCUT2D eigenvalue weighted by molar-refractivity contribution is -0.0167. The second-order valence-electron chi connectivity index (χ2n) is 7.16. The van der Waals surface area contributed by atoms with Gasteiger partial charge in [0, 0.05) is 16.1 Å². The normalized spacial score (nSPS) is 38.0. The molecule has 20 heavy (non-hydrogen) atoms. The van der Waals surface area contributed by atoms with E-state index >= 15 is 0 Å². The highest BCUT2D eigenvalue weighted by Gasteiger charge is 2.51. The van der Waals surface area contributed by atoms with Gasteiger partial charge in [-0.05, 0) is 80.5 Å². The summed E-state index contributed by atoms with van der Waals surface area (Å²) >= 11 is 5.88. The molecule has 0 spiro atoms. The molecule has 3 heteroatoms. The largest absolute Gasteiger partial charge is 0.347 e. The Hall–Kier alpha value is -1.02. The third kappa shape index (κ3) is 2.14. The van der Waals surface area contributed by atoms with Gasteiger partial charge >= 0.3 is 0 Å². The van der Waals surface area contributed by atoms with Crippen LogP contribution in [0, 0.1) is 17.8 Å². The first-order valence-electron chi connectivity index (χ1n) is 7.70. The maximum Gasteiger partial charge on any atom is 0.251 e. The number of benzene rings is 1. The SMILES string of the molecule is O=C(NC12CC3CC(CC(C3)C1)C2)c1ccc(Cl)cc1. The summed E-state index contributed by atoms with van der Waals surface area (Å²) in [6, 6.07) is 7.21. The molecule has 5 rings (SSSR count). The van der Waals surface area contributed by atoms with E-state index in [4.69, 9.17) is 11.6 Å². The second-order valence-corrected chi connectivity index (χ2v) is 7.60. The van der Waals surface area contributed by atoms with E-state index in [0.717, 1.165) is 23.3 Å². The summed E-state index contributed by atoms with van der Waals surface area (Å²) in [5.41, 5.74) is 0.816. The van der Waals surface area contributed by atoms with Crippen LogP contribution < -0.4 is 5.32 Å². The van der Waals surface area contributed by atoms with Crippen molar-refractivity contribution in [1.82, 2.24) is 5.32 Å². The molecule has 4 saturated carbocycles. The molecular weight excluding hydrogens is 270 g/mol. The molecule has 2 nitrogen and oxygen atoms in total. The van der Waals surface area contributed by atoms with Crippen LogP contribution in [0.4, 0.5) is 0 Å². The first-order chi connectivity index (χ1) is 9.62. The third-order valence-electron chi connectivity index (χ3n) is 5.52. The molecule has 0 saturated heterocycles. The number of hydrogen-bond donors (Lipinski definition) is 1. The van der Waals surface area contributed by atoms with E-state index in [9.17, 15) is 4.79 Å². The van der Waals surface area contributed by atoms with Gasteiger partial charge in [-0.3, -0.25) is 4.79 Å². The number of halogens is 1. The Bertz CT molecular complexity index is 501. The first-order valence-corrected chi connectivity index (χ1v) is 8.08. The Morgan fingerprint density at radius 2 is 1.50 bits per heavy atom. The summed E-state index contributed by atoms with van der Waals surface area (Å²) in [5.74, 6) is 2.63. The smallest absolute Gasteiger partial charge is 0.251 e. The van der Waals surface area contributed by atoms with Gasteiger partial charge < -0.3 is 5.32 Å². The Morgan fingerprint density at radius 1 is 1.00 bits per heavy atom. The van der Waals surface area contributed by atoms with Gasteiger partial charge in [0.1, 0.15) is 0 Å². The number of carbonyl (C=O) groups is 1. The zero-order valence-electron chi connectivity index (χ0n) is 11.6. The number of nitrogens with one attached hydrogen (secondary N) is 1. The molecule has 0 aliphatic heterocycles. The van der Waals surface area contributed by atoms with Gasteiger partial charge in [0.25, 0.3) is 5.91 Å². The highest BCUT2D eigenvalue weighted by atomic mass is 35.5. The fourth-order valence-electron chi connectivity index (χ4n) is 5.18. The molecule has 1 aromatic rings. The average Bonchev–Trinajstić information content (AvgIpc) is 2.37. The molecule has 1 N–H and O–H groups in total. The van der Waals surface area contributed by atoms with Crippen LogP contribution in [0.15, 0.2) is 24.3 Å². The van der Waals surface area contributed by atoms with Gasteiger partial charge in [-0.25, -0.2) is 0 Å². The van der Waals surface area contributed by atoms with E-state index in [1.165, 1.54) is 38.5 Å². The highest BCUT2D eigenvalue weighted by Crippen LogP contribution is 2.55. The van der Waals surface area contributed by atoms with Crippen molar-refractivity contribution >= 4 is 17.5 Å². The monoisotopic (exact) mass is 289 g/mol. The van der Waals surface area contributed by atoms with Crippen molar-refractivity contribution in [3.63, 3.8) is 0 Å². The molecule has 1 aromatic carbocycles. The van der Waals surface area contributed by atoms with E-state index < -0.39 is 0 Å². The van der Waals surface area contributed by atoms with Crippen molar-refractivity contribution in [3.8, 4) is 0 Å². The molecule has 0 unspecified atom stereocenters. The average molecular weight is 290 g/mol. The lowest BCUT2D eigenvalue weighted by atomic mass is 9.53. The molecule has 4 aliphatic rings. The first kappa shape index (κ1) is 12.7. The minimum Gasteiger partial charge on any atom is -0.347 e. The van der Waals surface area contributed by atoms with Crippen molar-refractivity contribution in [3.05, 3.63) is 34.9 Å². The molecule has 4 bridgehead atoms. The minimum atomic E-state index is 0.0728. The lowest BCUT2D eigenvalue weighted by Gasteiger charge is -2.56. The van der Waals surface area contributed by atoms with Crippen molar-refractivity contribution in [2.45, 2.75) is 44.1 Å². The number of carbonyl (C=O) groups excluding carboxylic acids is 1. The van der Waals surface area contributed by atoms with Crippen LogP contribution in [-0.2, 0) is 0 Å². The maximum absolute atomic E-state index is 12.5. The second kappa shape index (κ2) is 4.49. The summed E-state index contributed by atoms with van der Waals surface area (Å²) in [6.07, 6.45) is 7.77. The van der Waals surface area contributed by atoms with Crippen LogP contribution in [0.1, 0.15) is 48.9 Å². The van der Waals surface area contributed by atoms with Gasteiger partial charge in [-0.2, -0.15) is 0 Å². The molecule has 0 atom stereocenters. The fraction of sp³-hybridized carbons (Fsp3) is 0.588. The summed E-state index contributed by atoms with van der Waals surface area (Å²) in [4.78, 5) is 12.5. The molecular formula is C17H20ClNO. The van der Waals surface area contributed by atoms with Crippen LogP contribution in [0.25, 0.3) is 0 Å². The molecule has 4 aliphatic carbocycles. The van der Waals surface area contributed by atoms with Crippen molar-refractivity contribution in [1.29, 1.82) is 0 Å². The molecule has 0 heterocycles. The van der Waals surface area contributed by atoms with E-state index in [1.807, 2.05) is 12.1 Å². The van der Waals surface area contributed by atoms with Crippen LogP contribution in [-0.4, -0.2) is 11.4 Å². The molecule has 0 aromatic heterocycles. The molecule has 1 amide bonds. The quantitative estimate of drug-likeness (QED) is 0.875. The van der Waals surface area contributed by atoms with Crippen LogP contribution in [0.5, 0.6) is 0 Å². The van der Waals surface area contributed by atoms with Crippen LogP contribution in [0.2, 0.25) is 5.02 Å². The van der Waals surface area contributed by atoms with Crippen molar-refractivity contribution < 1.29 is 4.79 Å². The highest BCUT2D eigenvalue weighted by molar-refractivity contribution is 6.30. The topological polar surface area (TPSA) is 29.1 Å². The van der Waals surface area contributed by atoms with Crippen molar-refractivity contribution in [2.24, 2.45) is 17.8 Å². The summed E-state index contributed by atoms with van der Waals surface area (Å²) < 4.78 is 0. The number of amides is 1. The Kier molecular flexibility index (Phi) is 2.85. The van der Waals surface area contributed by atoms with Crippen LogP contribution >= 0.6 is 11.6 Å². The zero-order chi connectivity index (χ0) is 13.7. The van der Waals surface area contributed by atoms with Gasteiger partial charge in [0.2, 0.25) is 0 Å². The Balaban J connectivity index is 1.53. The van der Waals surface area contributed by atoms with Crippen LogP contribution in [0.3, 0.4) is 0 Å². The van der Waals surface area contributed by atoms with Gasteiger partial charge in [0.05, 0.1) is 0 Å². The number of rotatable bonds is 2. The third-order valence-corrected chi connectivity index (χ3v) is 5.78. The Morgan fingerprint density at radius 3 is 2.00 bits per heavy atom. The molecule has 106 valence electrons. The lowest BCUT2D eigenvalue weighted by Crippen LogP contribution is -2.59. The summed E-state index contributed by atoms with van der Waals surface area (Å²) in [6.45, 7) is 0. The fourth-order valence-corrected chi connectivity index (χ4v) is 5.30. The van der Waals surface area contributed by atoms with Gasteiger partial charge in [0.15, 0.2) is 0 Å². The number of hydrogen-bond acceptors (Lipinski definition) is 1. The van der Waals surface area contributed by atoms with E-state index in [2.05, 4.69) is 5.32 Å². The van der Waals surface area contributed by atoms with Gasteiger partial charge in [-0.1, -0.05) is 11.6 Å². The summed E-state index contributed by atoms with van der Waals surface area (Å²) in [7, 11) is 0. The summed E-state index contributed by atoms with van der Waals surface area (Å²) in [5, 5.41) is 4.06. The van der Waals surface area contributed by atoms with E-state index in [1.54, 1.807) is 12.1 Å². The maximum atomic E-state index is 12.5.